The first-order chi connectivity index (χ1) is 5.34. The van der Waals surface area contributed by atoms with Gasteiger partial charge in [-0.25, -0.2) is 4.98 Å². The molecule has 2 heteroatoms. The zero-order valence-electron chi connectivity index (χ0n) is 7.68. The summed E-state index contributed by atoms with van der Waals surface area (Å²) in [7, 11) is 0. The van der Waals surface area contributed by atoms with E-state index in [1.165, 1.54) is 5.57 Å². The Hall–Kier alpha value is -1.05. The van der Waals surface area contributed by atoms with Crippen molar-refractivity contribution in [2.75, 3.05) is 0 Å². The number of hydrogen-bond acceptors (Lipinski definition) is 1. The third-order valence-corrected chi connectivity index (χ3v) is 1.30. The highest BCUT2D eigenvalue weighted by Gasteiger charge is 1.92. The summed E-state index contributed by atoms with van der Waals surface area (Å²) in [4.78, 5) is 7.07. The molecular formula is C9H16N2. The molecule has 0 aliphatic rings. The molecule has 0 aliphatic heterocycles. The maximum absolute atomic E-state index is 4.06. The van der Waals surface area contributed by atoms with Crippen LogP contribution in [0.25, 0.3) is 5.57 Å². The van der Waals surface area contributed by atoms with Gasteiger partial charge in [-0.05, 0) is 19.4 Å². The largest absolute Gasteiger partial charge is 0.345 e. The monoisotopic (exact) mass is 152 g/mol. The molecule has 0 aromatic carbocycles. The van der Waals surface area contributed by atoms with Gasteiger partial charge in [0.15, 0.2) is 0 Å². The summed E-state index contributed by atoms with van der Waals surface area (Å²) in [5.41, 5.74) is 1.18. The van der Waals surface area contributed by atoms with Crippen LogP contribution in [0.5, 0.6) is 0 Å². The predicted molar refractivity (Wildman–Crippen MR) is 49.3 cm³/mol. The molecule has 1 aromatic rings. The third kappa shape index (κ3) is 3.03. The van der Waals surface area contributed by atoms with E-state index in [-0.39, 0.29) is 0 Å². The van der Waals surface area contributed by atoms with E-state index >= 15 is 0 Å². The van der Waals surface area contributed by atoms with Gasteiger partial charge >= 0.3 is 0 Å². The van der Waals surface area contributed by atoms with Crippen LogP contribution >= 0.6 is 0 Å². The van der Waals surface area contributed by atoms with Crippen molar-refractivity contribution >= 4 is 5.57 Å². The Morgan fingerprint density at radius 1 is 1.55 bits per heavy atom. The summed E-state index contributed by atoms with van der Waals surface area (Å²) in [6, 6.07) is 0. The molecule has 1 aromatic heterocycles. The van der Waals surface area contributed by atoms with Crippen molar-refractivity contribution in [2.45, 2.75) is 27.7 Å². The zero-order chi connectivity index (χ0) is 8.69. The number of aromatic amines is 1. The van der Waals surface area contributed by atoms with Gasteiger partial charge in [0, 0.05) is 12.4 Å². The predicted octanol–water partition coefficient (Wildman–Crippen LogP) is 2.86. The number of allylic oxidation sites excluding steroid dienone is 2. The summed E-state index contributed by atoms with van der Waals surface area (Å²) >= 11 is 0. The van der Waals surface area contributed by atoms with Crippen molar-refractivity contribution in [2.24, 2.45) is 0 Å². The van der Waals surface area contributed by atoms with Crippen LogP contribution in [0, 0.1) is 0 Å². The summed E-state index contributed by atoms with van der Waals surface area (Å²) < 4.78 is 0. The number of hydrogen-bond donors (Lipinski definition) is 1. The Labute approximate surface area is 68.4 Å². The van der Waals surface area contributed by atoms with E-state index in [4.69, 9.17) is 0 Å². The van der Waals surface area contributed by atoms with Crippen molar-refractivity contribution in [3.8, 4) is 0 Å². The van der Waals surface area contributed by atoms with Gasteiger partial charge in [-0.1, -0.05) is 19.9 Å². The molecule has 1 heterocycles. The lowest BCUT2D eigenvalue weighted by Crippen LogP contribution is -1.79. The van der Waals surface area contributed by atoms with E-state index in [0.29, 0.717) is 0 Å². The van der Waals surface area contributed by atoms with Crippen molar-refractivity contribution in [1.82, 2.24) is 9.97 Å². The van der Waals surface area contributed by atoms with Gasteiger partial charge < -0.3 is 4.98 Å². The molecule has 0 fully saturated rings. The number of rotatable bonds is 1. The summed E-state index contributed by atoms with van der Waals surface area (Å²) in [6.45, 7) is 8.02. The molecule has 0 saturated heterocycles. The van der Waals surface area contributed by atoms with Crippen LogP contribution in [-0.2, 0) is 0 Å². The lowest BCUT2D eigenvalue weighted by atomic mass is 10.3. The molecule has 1 rings (SSSR count). The van der Waals surface area contributed by atoms with Crippen LogP contribution in [0.1, 0.15) is 33.5 Å². The number of nitrogens with zero attached hydrogens (tertiary/aromatic N) is 1. The molecule has 0 spiro atoms. The van der Waals surface area contributed by atoms with Crippen molar-refractivity contribution < 1.29 is 0 Å². The Bertz CT molecular complexity index is 197. The van der Waals surface area contributed by atoms with Gasteiger partial charge in [0.25, 0.3) is 0 Å². The average molecular weight is 152 g/mol. The topological polar surface area (TPSA) is 28.7 Å². The summed E-state index contributed by atoms with van der Waals surface area (Å²) in [6.07, 6.45) is 5.60. The molecule has 0 atom stereocenters. The fourth-order valence-corrected chi connectivity index (χ4v) is 0.618. The van der Waals surface area contributed by atoms with Crippen molar-refractivity contribution in [1.29, 1.82) is 0 Å². The molecular weight excluding hydrogens is 136 g/mol. The highest BCUT2D eigenvalue weighted by Crippen LogP contribution is 2.04. The van der Waals surface area contributed by atoms with Gasteiger partial charge in [-0.2, -0.15) is 0 Å². The summed E-state index contributed by atoms with van der Waals surface area (Å²) in [5, 5.41) is 0. The van der Waals surface area contributed by atoms with Gasteiger partial charge in [0.1, 0.15) is 5.82 Å². The molecule has 1 N–H and O–H groups in total. The van der Waals surface area contributed by atoms with Crippen LogP contribution in [0.2, 0.25) is 0 Å². The van der Waals surface area contributed by atoms with Crippen LogP contribution in [0.3, 0.4) is 0 Å². The highest BCUT2D eigenvalue weighted by molar-refractivity contribution is 5.56. The second kappa shape index (κ2) is 5.71. The third-order valence-electron chi connectivity index (χ3n) is 1.30. The Balaban J connectivity index is 0.000000461. The molecule has 11 heavy (non-hydrogen) atoms. The van der Waals surface area contributed by atoms with E-state index in [0.717, 1.165) is 5.82 Å². The minimum Gasteiger partial charge on any atom is -0.345 e. The van der Waals surface area contributed by atoms with Gasteiger partial charge in [0.05, 0.1) is 0 Å². The highest BCUT2D eigenvalue weighted by atomic mass is 14.9. The molecule has 0 aliphatic carbocycles. The Kier molecular flexibility index (Phi) is 5.17. The van der Waals surface area contributed by atoms with E-state index in [1.807, 2.05) is 40.0 Å². The fraction of sp³-hybridized carbons (Fsp3) is 0.444. The van der Waals surface area contributed by atoms with Crippen LogP contribution < -0.4 is 0 Å². The van der Waals surface area contributed by atoms with Crippen LogP contribution in [-0.4, -0.2) is 9.97 Å². The van der Waals surface area contributed by atoms with E-state index in [2.05, 4.69) is 9.97 Å². The summed E-state index contributed by atoms with van der Waals surface area (Å²) in [5.74, 6) is 0.956. The fourth-order valence-electron chi connectivity index (χ4n) is 0.618. The maximum Gasteiger partial charge on any atom is 0.132 e. The lowest BCUT2D eigenvalue weighted by Gasteiger charge is -1.90. The van der Waals surface area contributed by atoms with E-state index in [9.17, 15) is 0 Å². The molecule has 62 valence electrons. The van der Waals surface area contributed by atoms with E-state index < -0.39 is 0 Å². The normalized spacial score (nSPS) is 10.4. The second-order valence-electron chi connectivity index (χ2n) is 1.91. The maximum atomic E-state index is 4.06. The zero-order valence-corrected chi connectivity index (χ0v) is 7.68. The van der Waals surface area contributed by atoms with Gasteiger partial charge in [0.2, 0.25) is 0 Å². The van der Waals surface area contributed by atoms with Crippen molar-refractivity contribution in [3.63, 3.8) is 0 Å². The first kappa shape index (κ1) is 9.95. The van der Waals surface area contributed by atoms with Crippen LogP contribution in [0.4, 0.5) is 0 Å². The Morgan fingerprint density at radius 2 is 2.18 bits per heavy atom. The van der Waals surface area contributed by atoms with Gasteiger partial charge in [-0.15, -0.1) is 0 Å². The quantitative estimate of drug-likeness (QED) is 0.658. The molecule has 0 radical (unpaired) electrons. The molecule has 0 saturated carbocycles. The number of nitrogens with one attached hydrogen (secondary N) is 1. The molecule has 2 nitrogen and oxygen atoms in total. The number of imidazole rings is 1. The first-order valence-electron chi connectivity index (χ1n) is 3.97. The molecule has 0 bridgehead atoms. The Morgan fingerprint density at radius 3 is 2.55 bits per heavy atom. The molecule has 0 unspecified atom stereocenters. The lowest BCUT2D eigenvalue weighted by molar-refractivity contribution is 1.23. The second-order valence-corrected chi connectivity index (χ2v) is 1.91. The average Bonchev–Trinajstić information content (AvgIpc) is 2.59. The minimum atomic E-state index is 0.956. The van der Waals surface area contributed by atoms with Crippen LogP contribution in [0.15, 0.2) is 18.5 Å². The standard InChI is InChI=1S/C7H10N2.C2H6/c1-3-6(2)7-8-4-5-9-7;1-2/h3-5H,1-2H3,(H,8,9);1-2H3/b6-3+;. The van der Waals surface area contributed by atoms with E-state index in [1.54, 1.807) is 6.20 Å². The molecule has 0 amide bonds. The SMILES string of the molecule is C/C=C(\C)c1ncc[nH]1.CC. The number of aromatic nitrogens is 2. The smallest absolute Gasteiger partial charge is 0.132 e. The first-order valence-corrected chi connectivity index (χ1v) is 3.97. The minimum absolute atomic E-state index is 0.956. The van der Waals surface area contributed by atoms with Gasteiger partial charge in [-0.3, -0.25) is 0 Å². The number of H-pyrrole nitrogens is 1. The van der Waals surface area contributed by atoms with Crippen molar-refractivity contribution in [3.05, 3.63) is 24.3 Å².